The van der Waals surface area contributed by atoms with E-state index >= 15 is 0 Å². The van der Waals surface area contributed by atoms with Gasteiger partial charge in [-0.25, -0.2) is 8.42 Å². The van der Waals surface area contributed by atoms with E-state index in [9.17, 15) is 18.0 Å². The molecule has 0 bridgehead atoms. The molecule has 0 aromatic heterocycles. The van der Waals surface area contributed by atoms with Crippen LogP contribution in [0.5, 0.6) is 0 Å². The van der Waals surface area contributed by atoms with Gasteiger partial charge in [0.25, 0.3) is 15.9 Å². The summed E-state index contributed by atoms with van der Waals surface area (Å²) in [7, 11) is -3.79. The topological polar surface area (TPSA) is 118 Å². The Balaban J connectivity index is 1.74. The van der Waals surface area contributed by atoms with Crippen molar-refractivity contribution in [1.82, 2.24) is 0 Å². The molecule has 0 saturated carbocycles. The lowest BCUT2D eigenvalue weighted by Gasteiger charge is -2.12. The summed E-state index contributed by atoms with van der Waals surface area (Å²) in [5.41, 5.74) is 7.32. The molecule has 0 saturated heterocycles. The van der Waals surface area contributed by atoms with E-state index in [4.69, 9.17) is 5.73 Å². The first kappa shape index (κ1) is 22.4. The summed E-state index contributed by atoms with van der Waals surface area (Å²) >= 11 is 1.22. The molecule has 0 aliphatic carbocycles. The highest BCUT2D eigenvalue weighted by Crippen LogP contribution is 2.27. The first-order valence-corrected chi connectivity index (χ1v) is 11.7. The third-order valence-corrected chi connectivity index (χ3v) is 6.80. The number of hydrogen-bond donors (Lipinski definition) is 3. The van der Waals surface area contributed by atoms with Gasteiger partial charge in [-0.1, -0.05) is 30.3 Å². The number of nitrogens with one attached hydrogen (secondary N) is 2. The minimum atomic E-state index is -3.79. The Morgan fingerprint density at radius 2 is 1.52 bits per heavy atom. The molecule has 0 aliphatic rings. The third kappa shape index (κ3) is 5.87. The monoisotopic (exact) mass is 455 g/mol. The van der Waals surface area contributed by atoms with Crippen molar-refractivity contribution < 1.29 is 18.0 Å². The van der Waals surface area contributed by atoms with Crippen molar-refractivity contribution in [1.29, 1.82) is 0 Å². The molecule has 0 unspecified atom stereocenters. The van der Waals surface area contributed by atoms with Gasteiger partial charge < -0.3 is 11.1 Å². The van der Waals surface area contributed by atoms with Gasteiger partial charge in [-0.2, -0.15) is 0 Å². The van der Waals surface area contributed by atoms with E-state index in [1.807, 2.05) is 19.1 Å². The van der Waals surface area contributed by atoms with Gasteiger partial charge in [-0.3, -0.25) is 14.3 Å². The van der Waals surface area contributed by atoms with Crippen LogP contribution in [0.1, 0.15) is 15.9 Å². The fourth-order valence-electron chi connectivity index (χ4n) is 2.72. The Morgan fingerprint density at radius 1 is 0.903 bits per heavy atom. The molecule has 0 atom stereocenters. The summed E-state index contributed by atoms with van der Waals surface area (Å²) in [4.78, 5) is 24.4. The SMILES string of the molecule is Cc1ccccc1NS(=O)(=O)c1ccc(C(=O)Nc2ccccc2SCC(N)=O)cc1. The van der Waals surface area contributed by atoms with Crippen LogP contribution in [0, 0.1) is 6.92 Å². The minimum absolute atomic E-state index is 0.0460. The van der Waals surface area contributed by atoms with E-state index in [0.29, 0.717) is 21.8 Å². The van der Waals surface area contributed by atoms with Crippen molar-refractivity contribution in [2.75, 3.05) is 15.8 Å². The number of aryl methyl sites for hydroxylation is 1. The number of benzene rings is 3. The van der Waals surface area contributed by atoms with Gasteiger partial charge in [0.15, 0.2) is 0 Å². The van der Waals surface area contributed by atoms with Gasteiger partial charge in [0, 0.05) is 10.5 Å². The third-order valence-electron chi connectivity index (χ3n) is 4.32. The highest BCUT2D eigenvalue weighted by molar-refractivity contribution is 8.00. The zero-order chi connectivity index (χ0) is 22.4. The average molecular weight is 456 g/mol. The number of primary amides is 1. The lowest BCUT2D eigenvalue weighted by molar-refractivity contribution is -0.115. The normalized spacial score (nSPS) is 11.0. The lowest BCUT2D eigenvalue weighted by atomic mass is 10.2. The van der Waals surface area contributed by atoms with E-state index in [0.717, 1.165) is 5.56 Å². The molecule has 31 heavy (non-hydrogen) atoms. The predicted molar refractivity (Wildman–Crippen MR) is 123 cm³/mol. The number of hydrogen-bond acceptors (Lipinski definition) is 5. The van der Waals surface area contributed by atoms with Crippen LogP contribution in [0.25, 0.3) is 0 Å². The molecule has 9 heteroatoms. The molecule has 3 aromatic rings. The van der Waals surface area contributed by atoms with Gasteiger partial charge in [0.1, 0.15) is 0 Å². The van der Waals surface area contributed by atoms with Crippen molar-refractivity contribution in [3.05, 3.63) is 83.9 Å². The molecule has 7 nitrogen and oxygen atoms in total. The Morgan fingerprint density at radius 3 is 2.16 bits per heavy atom. The zero-order valence-electron chi connectivity index (χ0n) is 16.7. The first-order valence-electron chi connectivity index (χ1n) is 9.26. The number of rotatable bonds is 8. The Kier molecular flexibility index (Phi) is 6.98. The van der Waals surface area contributed by atoms with Gasteiger partial charge in [0.05, 0.1) is 22.0 Å². The summed E-state index contributed by atoms with van der Waals surface area (Å²) in [6.07, 6.45) is 0. The fraction of sp³-hybridized carbons (Fsp3) is 0.0909. The molecule has 160 valence electrons. The largest absolute Gasteiger partial charge is 0.369 e. The number of anilines is 2. The van der Waals surface area contributed by atoms with Crippen molar-refractivity contribution in [2.24, 2.45) is 5.73 Å². The summed E-state index contributed by atoms with van der Waals surface area (Å²) in [6.45, 7) is 1.81. The summed E-state index contributed by atoms with van der Waals surface area (Å²) < 4.78 is 27.8. The van der Waals surface area contributed by atoms with E-state index in [1.165, 1.54) is 36.0 Å². The van der Waals surface area contributed by atoms with E-state index in [-0.39, 0.29) is 10.6 Å². The fourth-order valence-corrected chi connectivity index (χ4v) is 4.59. The Labute approximate surface area is 185 Å². The van der Waals surface area contributed by atoms with Gasteiger partial charge in [-0.05, 0) is 55.0 Å². The second-order valence-electron chi connectivity index (χ2n) is 6.65. The Hall–Kier alpha value is -3.30. The average Bonchev–Trinajstić information content (AvgIpc) is 2.74. The number of para-hydroxylation sites is 2. The second kappa shape index (κ2) is 9.67. The number of nitrogens with two attached hydrogens (primary N) is 1. The van der Waals surface area contributed by atoms with Crippen molar-refractivity contribution in [3.8, 4) is 0 Å². The molecule has 3 aromatic carbocycles. The number of carbonyl (C=O) groups is 2. The van der Waals surface area contributed by atoms with E-state index in [2.05, 4.69) is 10.0 Å². The maximum Gasteiger partial charge on any atom is 0.261 e. The van der Waals surface area contributed by atoms with Gasteiger partial charge in [0.2, 0.25) is 5.91 Å². The van der Waals surface area contributed by atoms with E-state index in [1.54, 1.807) is 36.4 Å². The van der Waals surface area contributed by atoms with E-state index < -0.39 is 21.8 Å². The number of amides is 2. The molecule has 0 heterocycles. The van der Waals surface area contributed by atoms with Crippen LogP contribution in [0.15, 0.2) is 82.6 Å². The van der Waals surface area contributed by atoms with Crippen LogP contribution in [-0.2, 0) is 14.8 Å². The molecule has 3 rings (SSSR count). The second-order valence-corrected chi connectivity index (χ2v) is 9.35. The van der Waals surface area contributed by atoms with Crippen LogP contribution in [0.4, 0.5) is 11.4 Å². The van der Waals surface area contributed by atoms with Gasteiger partial charge >= 0.3 is 0 Å². The smallest absolute Gasteiger partial charge is 0.261 e. The maximum absolute atomic E-state index is 12.6. The molecule has 0 radical (unpaired) electrons. The van der Waals surface area contributed by atoms with Crippen molar-refractivity contribution in [3.63, 3.8) is 0 Å². The lowest BCUT2D eigenvalue weighted by Crippen LogP contribution is -2.16. The molecule has 0 spiro atoms. The van der Waals surface area contributed by atoms with Gasteiger partial charge in [-0.15, -0.1) is 11.8 Å². The summed E-state index contributed by atoms with van der Waals surface area (Å²) in [5, 5.41) is 2.78. The standard InChI is InChI=1S/C22H21N3O4S2/c1-15-6-2-3-7-18(15)25-31(28,29)17-12-10-16(11-13-17)22(27)24-19-8-4-5-9-20(19)30-14-21(23)26/h2-13,25H,14H2,1H3,(H2,23,26)(H,24,27). The van der Waals surface area contributed by atoms with Crippen LogP contribution < -0.4 is 15.8 Å². The number of sulfonamides is 1. The minimum Gasteiger partial charge on any atom is -0.369 e. The van der Waals surface area contributed by atoms with Crippen molar-refractivity contribution >= 4 is 45.0 Å². The first-order chi connectivity index (χ1) is 14.8. The zero-order valence-corrected chi connectivity index (χ0v) is 18.3. The number of carbonyl (C=O) groups excluding carboxylic acids is 2. The molecular formula is C22H21N3O4S2. The highest BCUT2D eigenvalue weighted by Gasteiger charge is 2.16. The maximum atomic E-state index is 12.6. The predicted octanol–water partition coefficient (Wildman–Crippen LogP) is 3.63. The molecular weight excluding hydrogens is 434 g/mol. The van der Waals surface area contributed by atoms with Crippen molar-refractivity contribution in [2.45, 2.75) is 16.7 Å². The quantitative estimate of drug-likeness (QED) is 0.448. The van der Waals surface area contributed by atoms with Crippen LogP contribution in [0.2, 0.25) is 0 Å². The number of thioether (sulfide) groups is 1. The summed E-state index contributed by atoms with van der Waals surface area (Å²) in [5.74, 6) is -0.766. The molecule has 4 N–H and O–H groups in total. The summed E-state index contributed by atoms with van der Waals surface area (Å²) in [6, 6.07) is 19.8. The molecule has 0 aliphatic heterocycles. The van der Waals surface area contributed by atoms with Crippen LogP contribution in [-0.4, -0.2) is 26.0 Å². The van der Waals surface area contributed by atoms with Crippen LogP contribution in [0.3, 0.4) is 0 Å². The molecule has 0 fully saturated rings. The Bertz CT molecular complexity index is 1210. The van der Waals surface area contributed by atoms with Crippen LogP contribution >= 0.6 is 11.8 Å². The molecule has 2 amide bonds. The highest BCUT2D eigenvalue weighted by atomic mass is 32.2.